The second-order valence-corrected chi connectivity index (χ2v) is 34.3. The van der Waals surface area contributed by atoms with Crippen molar-refractivity contribution in [2.45, 2.75) is 53.4 Å². The summed E-state index contributed by atoms with van der Waals surface area (Å²) in [6.07, 6.45) is -8.82. The summed E-state index contributed by atoms with van der Waals surface area (Å²) in [6, 6.07) is 126. The summed E-state index contributed by atoms with van der Waals surface area (Å²) in [7, 11) is 0. The van der Waals surface area contributed by atoms with Crippen molar-refractivity contribution in [3.8, 4) is 124 Å². The van der Waals surface area contributed by atoms with E-state index < -0.39 is 23.5 Å². The lowest BCUT2D eigenvalue weighted by Gasteiger charge is -2.22. The number of rotatable bonds is 14. The van der Waals surface area contributed by atoms with Gasteiger partial charge < -0.3 is 18.3 Å². The molecule has 0 saturated heterocycles. The molecular formula is C118H78F6N6. The standard InChI is InChI=1S/C118H78F6N6/c1-70-20-16-25-79(52-70)81-40-46-96-94-34-12-14-36-103(94)129(109(96)66-81)113-58-78(69-126)59-114(116(113)88-28-19-30-90(61-88)118(122,123)124)130-104-37-15-13-35-95(104)97-47-41-82(67-110(97)130)80-26-17-24-75(54-80)53-76-39-38-74(5)98(55-76)86-45-51-108-102(65-86)101-64-85(93-33-11-8-23-73(93)4)44-50-107(101)128(108)112-57-77(68-125)56-111(115(112)87-27-18-29-89(60-87)117(119,120)121)127-105-48-42-83(91-31-9-6-21-71(91)2)62-99(105)100-63-84(43-49-106(100)127)92-32-10-7-22-72(92)3/h6-52,54-67H,53H2,1-5H3. The summed E-state index contributed by atoms with van der Waals surface area (Å²) in [4.78, 5) is 0. The maximum Gasteiger partial charge on any atom is 0.416 e. The first kappa shape index (κ1) is 79.6. The van der Waals surface area contributed by atoms with E-state index in [2.05, 4.69) is 283 Å². The number of nitrogens with zero attached hydrogens (tertiary/aromatic N) is 6. The van der Waals surface area contributed by atoms with E-state index in [4.69, 9.17) is 0 Å². The second-order valence-electron chi connectivity index (χ2n) is 34.3. The van der Waals surface area contributed by atoms with Gasteiger partial charge >= 0.3 is 12.4 Å². The molecule has 12 heteroatoms. The summed E-state index contributed by atoms with van der Waals surface area (Å²) in [5, 5.41) is 30.2. The number of alkyl halides is 6. The Morgan fingerprint density at radius 2 is 0.554 bits per heavy atom. The molecular weight excluding hydrogens is 1620 g/mol. The Bertz CT molecular complexity index is 8500. The molecule has 0 saturated carbocycles. The van der Waals surface area contributed by atoms with Crippen LogP contribution in [0.1, 0.15) is 61.2 Å². The van der Waals surface area contributed by atoms with E-state index in [1.807, 2.05) is 103 Å². The number of benzene rings is 18. The van der Waals surface area contributed by atoms with Crippen molar-refractivity contribution in [1.29, 1.82) is 10.5 Å². The smallest absolute Gasteiger partial charge is 0.308 e. The van der Waals surface area contributed by atoms with Crippen LogP contribution in [-0.4, -0.2) is 18.3 Å². The van der Waals surface area contributed by atoms with Crippen LogP contribution in [0.3, 0.4) is 0 Å². The van der Waals surface area contributed by atoms with Crippen molar-refractivity contribution >= 4 is 87.2 Å². The Kier molecular flexibility index (Phi) is 19.0. The van der Waals surface area contributed by atoms with Crippen molar-refractivity contribution in [1.82, 2.24) is 18.3 Å². The minimum atomic E-state index is -4.70. The first-order valence-corrected chi connectivity index (χ1v) is 43.4. The number of nitriles is 2. The van der Waals surface area contributed by atoms with Gasteiger partial charge in [-0.2, -0.15) is 36.9 Å². The van der Waals surface area contributed by atoms with Gasteiger partial charge in [-0.1, -0.05) is 254 Å². The first-order valence-electron chi connectivity index (χ1n) is 43.4. The predicted molar refractivity (Wildman–Crippen MR) is 520 cm³/mol. The largest absolute Gasteiger partial charge is 0.416 e. The molecule has 130 heavy (non-hydrogen) atoms. The zero-order valence-corrected chi connectivity index (χ0v) is 71.4. The van der Waals surface area contributed by atoms with Gasteiger partial charge in [0, 0.05) is 54.2 Å². The van der Waals surface area contributed by atoms with Crippen LogP contribution in [0.25, 0.3) is 199 Å². The average Bonchev–Trinajstić information content (AvgIpc) is 1.55. The van der Waals surface area contributed by atoms with Gasteiger partial charge in [-0.3, -0.25) is 0 Å². The SMILES string of the molecule is Cc1cccc(-c2ccc3c4ccccc4n(-c4cc(C#N)cc(-n5c6ccccc6c6ccc(-c7cccc(Cc8ccc(C)c(-c9ccc%10c(c9)c9cc(-c%11ccccc%11C)ccc9n%10-c9cc(C#N)cc(-n%10c%11ccc(-c%12ccccc%12C)cc%11c%11cc(-c%12ccccc%12C)ccc%11%10)c9-c9cccc(C(F)(F)F)c9)c8)c7)cc65)c4-c4cccc(C(F)(F)F)c4)c3c2)c1. The molecule has 0 radical (unpaired) electrons. The molecule has 4 heterocycles. The number of hydrogen-bond acceptors (Lipinski definition) is 2. The lowest BCUT2D eigenvalue weighted by atomic mass is 9.93. The Morgan fingerprint density at radius 3 is 0.962 bits per heavy atom. The highest BCUT2D eigenvalue weighted by molar-refractivity contribution is 6.17. The second kappa shape index (κ2) is 31.1. The molecule has 18 aromatic carbocycles. The number of aromatic nitrogens is 4. The minimum absolute atomic E-state index is 0.307. The van der Waals surface area contributed by atoms with Gasteiger partial charge in [-0.25, -0.2) is 0 Å². The van der Waals surface area contributed by atoms with E-state index in [0.717, 1.165) is 205 Å². The zero-order chi connectivity index (χ0) is 88.7. The molecule has 0 aliphatic rings. The topological polar surface area (TPSA) is 67.3 Å². The van der Waals surface area contributed by atoms with E-state index in [-0.39, 0.29) is 0 Å². The maximum atomic E-state index is 15.5. The van der Waals surface area contributed by atoms with Crippen molar-refractivity contribution in [2.24, 2.45) is 0 Å². The highest BCUT2D eigenvalue weighted by Crippen LogP contribution is 2.51. The fourth-order valence-corrected chi connectivity index (χ4v) is 20.1. The van der Waals surface area contributed by atoms with Crippen molar-refractivity contribution < 1.29 is 26.3 Å². The van der Waals surface area contributed by atoms with E-state index in [1.54, 1.807) is 12.1 Å². The van der Waals surface area contributed by atoms with Gasteiger partial charge in [-0.05, 0) is 274 Å². The number of hydrogen-bond donors (Lipinski definition) is 0. The first-order chi connectivity index (χ1) is 63.2. The lowest BCUT2D eigenvalue weighted by molar-refractivity contribution is -0.138. The van der Waals surface area contributed by atoms with Gasteiger partial charge in [0.2, 0.25) is 0 Å². The van der Waals surface area contributed by atoms with Crippen LogP contribution in [-0.2, 0) is 18.8 Å². The summed E-state index contributed by atoms with van der Waals surface area (Å²) in [5.41, 5.74) is 28.6. The van der Waals surface area contributed by atoms with Crippen molar-refractivity contribution in [3.05, 3.63) is 431 Å². The van der Waals surface area contributed by atoms with Crippen LogP contribution in [0.5, 0.6) is 0 Å². The molecule has 22 rings (SSSR count). The third kappa shape index (κ3) is 13.6. The Balaban J connectivity index is 0.690. The predicted octanol–water partition coefficient (Wildman–Crippen LogP) is 32.3. The molecule has 0 aliphatic heterocycles. The molecule has 0 spiro atoms. The average molecular weight is 1690 g/mol. The number of halogens is 6. The van der Waals surface area contributed by atoms with Gasteiger partial charge in [0.15, 0.2) is 0 Å². The zero-order valence-electron chi connectivity index (χ0n) is 71.4. The third-order valence-electron chi connectivity index (χ3n) is 26.3. The van der Waals surface area contributed by atoms with Crippen molar-refractivity contribution in [3.63, 3.8) is 0 Å². The highest BCUT2D eigenvalue weighted by Gasteiger charge is 2.35. The van der Waals surface area contributed by atoms with Crippen LogP contribution in [0.2, 0.25) is 0 Å². The quantitative estimate of drug-likeness (QED) is 0.102. The summed E-state index contributed by atoms with van der Waals surface area (Å²) in [6.45, 7) is 10.5. The van der Waals surface area contributed by atoms with E-state index in [0.29, 0.717) is 62.6 Å². The molecule has 22 aromatic rings. The fraction of sp³-hybridized carbons (Fsp3) is 0.0678. The molecule has 0 unspecified atom stereocenters. The van der Waals surface area contributed by atoms with Crippen LogP contribution < -0.4 is 0 Å². The van der Waals surface area contributed by atoms with Crippen LogP contribution >= 0.6 is 0 Å². The Hall–Kier alpha value is -16.3. The number of fused-ring (bicyclic) bond motifs is 12. The summed E-state index contributed by atoms with van der Waals surface area (Å²) < 4.78 is 101. The fourth-order valence-electron chi connectivity index (χ4n) is 20.1. The number of aryl methyl sites for hydroxylation is 5. The highest BCUT2D eigenvalue weighted by atomic mass is 19.4. The van der Waals surface area contributed by atoms with Crippen LogP contribution in [0, 0.1) is 57.3 Å². The van der Waals surface area contributed by atoms with Gasteiger partial charge in [0.05, 0.1) is 101 Å². The molecule has 0 aliphatic carbocycles. The van der Waals surface area contributed by atoms with Crippen molar-refractivity contribution in [2.75, 3.05) is 0 Å². The molecule has 0 atom stereocenters. The summed E-state index contributed by atoms with van der Waals surface area (Å²) >= 11 is 0. The van der Waals surface area contributed by atoms with Gasteiger partial charge in [0.1, 0.15) is 0 Å². The van der Waals surface area contributed by atoms with E-state index in [9.17, 15) is 10.5 Å². The molecule has 0 bridgehead atoms. The number of para-hydroxylation sites is 2. The molecule has 0 amide bonds. The van der Waals surface area contributed by atoms with Crippen LogP contribution in [0.15, 0.2) is 370 Å². The third-order valence-corrected chi connectivity index (χ3v) is 26.3. The van der Waals surface area contributed by atoms with E-state index in [1.165, 1.54) is 24.3 Å². The normalized spacial score (nSPS) is 12.0. The van der Waals surface area contributed by atoms with Crippen LogP contribution in [0.4, 0.5) is 26.3 Å². The molecule has 6 nitrogen and oxygen atoms in total. The van der Waals surface area contributed by atoms with Gasteiger partial charge in [0.25, 0.3) is 0 Å². The molecule has 0 N–H and O–H groups in total. The summed E-state index contributed by atoms with van der Waals surface area (Å²) in [5.74, 6) is 0. The molecule has 4 aromatic heterocycles. The lowest BCUT2D eigenvalue weighted by Crippen LogP contribution is -2.07. The Labute approximate surface area is 746 Å². The Morgan fingerprint density at radius 1 is 0.231 bits per heavy atom. The van der Waals surface area contributed by atoms with E-state index >= 15 is 26.3 Å². The minimum Gasteiger partial charge on any atom is -0.308 e. The maximum absolute atomic E-state index is 15.5. The molecule has 622 valence electrons. The molecule has 0 fully saturated rings. The van der Waals surface area contributed by atoms with Gasteiger partial charge in [-0.15, -0.1) is 0 Å². The monoisotopic (exact) mass is 1690 g/mol.